The van der Waals surface area contributed by atoms with E-state index in [-0.39, 0.29) is 6.04 Å². The number of furan rings is 1. The first-order valence-electron chi connectivity index (χ1n) is 6.41. The molecule has 0 aliphatic heterocycles. The van der Waals surface area contributed by atoms with Crippen molar-refractivity contribution >= 4 is 17.3 Å². The molecule has 102 valence electrons. The first-order chi connectivity index (χ1) is 9.20. The van der Waals surface area contributed by atoms with Crippen LogP contribution >= 0.6 is 11.6 Å². The van der Waals surface area contributed by atoms with E-state index in [0.717, 1.165) is 23.4 Å². The topological polar surface area (TPSA) is 34.4 Å². The van der Waals surface area contributed by atoms with Crippen LogP contribution in [0.4, 0.5) is 5.69 Å². The van der Waals surface area contributed by atoms with E-state index >= 15 is 0 Å². The fourth-order valence-electron chi connectivity index (χ4n) is 1.77. The minimum Gasteiger partial charge on any atom is -0.492 e. The van der Waals surface area contributed by atoms with Crippen molar-refractivity contribution in [2.75, 3.05) is 11.9 Å². The summed E-state index contributed by atoms with van der Waals surface area (Å²) >= 11 is 6.19. The largest absolute Gasteiger partial charge is 0.492 e. The van der Waals surface area contributed by atoms with Gasteiger partial charge in [-0.1, -0.05) is 18.5 Å². The molecule has 1 N–H and O–H groups in total. The molecular formula is C15H18ClNO2. The van der Waals surface area contributed by atoms with Crippen LogP contribution in [0.25, 0.3) is 0 Å². The maximum atomic E-state index is 6.19. The van der Waals surface area contributed by atoms with Crippen LogP contribution in [-0.4, -0.2) is 6.61 Å². The highest BCUT2D eigenvalue weighted by Gasteiger charge is 2.08. The smallest absolute Gasteiger partial charge is 0.138 e. The Hall–Kier alpha value is -1.61. The number of hydrogen-bond donors (Lipinski definition) is 1. The van der Waals surface area contributed by atoms with Gasteiger partial charge in [0, 0.05) is 11.3 Å². The third-order valence-electron chi connectivity index (χ3n) is 2.82. The van der Waals surface area contributed by atoms with Gasteiger partial charge in [0.1, 0.15) is 5.75 Å². The molecule has 0 saturated heterocycles. The lowest BCUT2D eigenvalue weighted by molar-refractivity contribution is 0.317. The van der Waals surface area contributed by atoms with Crippen LogP contribution in [0.5, 0.6) is 5.75 Å². The fraction of sp³-hybridized carbons (Fsp3) is 0.333. The van der Waals surface area contributed by atoms with Crippen molar-refractivity contribution in [3.05, 3.63) is 47.4 Å². The Kier molecular flexibility index (Phi) is 4.74. The van der Waals surface area contributed by atoms with Crippen LogP contribution in [0.15, 0.2) is 41.2 Å². The zero-order chi connectivity index (χ0) is 13.7. The number of rotatable bonds is 6. The Balaban J connectivity index is 2.03. The van der Waals surface area contributed by atoms with Gasteiger partial charge >= 0.3 is 0 Å². The van der Waals surface area contributed by atoms with E-state index in [4.69, 9.17) is 20.8 Å². The molecule has 1 aromatic heterocycles. The molecule has 0 aliphatic rings. The molecule has 1 unspecified atom stereocenters. The van der Waals surface area contributed by atoms with Gasteiger partial charge in [-0.25, -0.2) is 0 Å². The first-order valence-corrected chi connectivity index (χ1v) is 6.79. The summed E-state index contributed by atoms with van der Waals surface area (Å²) in [6.45, 7) is 4.81. The fourth-order valence-corrected chi connectivity index (χ4v) is 2.01. The molecule has 0 bridgehead atoms. The lowest BCUT2D eigenvalue weighted by atomic mass is 10.1. The van der Waals surface area contributed by atoms with E-state index in [2.05, 4.69) is 19.2 Å². The molecule has 4 heteroatoms. The molecule has 0 fully saturated rings. The lowest BCUT2D eigenvalue weighted by Crippen LogP contribution is -2.05. The van der Waals surface area contributed by atoms with Crippen molar-refractivity contribution in [1.29, 1.82) is 0 Å². The second-order valence-electron chi connectivity index (χ2n) is 4.42. The number of ether oxygens (including phenoxy) is 1. The van der Waals surface area contributed by atoms with Crippen molar-refractivity contribution in [2.24, 2.45) is 0 Å². The molecule has 2 aromatic rings. The van der Waals surface area contributed by atoms with E-state index in [1.165, 1.54) is 0 Å². The highest BCUT2D eigenvalue weighted by atomic mass is 35.5. The Labute approximate surface area is 118 Å². The van der Waals surface area contributed by atoms with Gasteiger partial charge in [0.2, 0.25) is 0 Å². The van der Waals surface area contributed by atoms with Crippen LogP contribution in [0.3, 0.4) is 0 Å². The molecule has 19 heavy (non-hydrogen) atoms. The second kappa shape index (κ2) is 6.53. The summed E-state index contributed by atoms with van der Waals surface area (Å²) in [6.07, 6.45) is 4.37. The molecule has 3 nitrogen and oxygen atoms in total. The predicted octanol–water partition coefficient (Wildman–Crippen LogP) is 4.89. The minimum atomic E-state index is 0.164. The third-order valence-corrected chi connectivity index (χ3v) is 3.12. The maximum absolute atomic E-state index is 6.19. The summed E-state index contributed by atoms with van der Waals surface area (Å²) in [5.41, 5.74) is 2.06. The quantitative estimate of drug-likeness (QED) is 0.817. The Morgan fingerprint density at radius 1 is 1.37 bits per heavy atom. The predicted molar refractivity (Wildman–Crippen MR) is 78.0 cm³/mol. The Morgan fingerprint density at radius 2 is 2.21 bits per heavy atom. The Bertz CT molecular complexity index is 511. The van der Waals surface area contributed by atoms with Crippen LogP contribution in [0.2, 0.25) is 5.02 Å². The Morgan fingerprint density at radius 3 is 2.84 bits per heavy atom. The summed E-state index contributed by atoms with van der Waals surface area (Å²) in [7, 11) is 0. The van der Waals surface area contributed by atoms with E-state index in [9.17, 15) is 0 Å². The number of halogens is 1. The van der Waals surface area contributed by atoms with Gasteiger partial charge in [-0.3, -0.25) is 0 Å². The average Bonchev–Trinajstić information content (AvgIpc) is 2.92. The summed E-state index contributed by atoms with van der Waals surface area (Å²) in [5, 5.41) is 3.99. The maximum Gasteiger partial charge on any atom is 0.138 e. The second-order valence-corrected chi connectivity index (χ2v) is 4.82. The number of hydrogen-bond acceptors (Lipinski definition) is 3. The van der Waals surface area contributed by atoms with Gasteiger partial charge in [-0.15, -0.1) is 0 Å². The van der Waals surface area contributed by atoms with Crippen LogP contribution in [-0.2, 0) is 0 Å². The molecule has 1 aromatic carbocycles. The molecule has 2 rings (SSSR count). The van der Waals surface area contributed by atoms with Crippen molar-refractivity contribution in [2.45, 2.75) is 26.3 Å². The average molecular weight is 280 g/mol. The van der Waals surface area contributed by atoms with E-state index in [0.29, 0.717) is 11.6 Å². The summed E-state index contributed by atoms with van der Waals surface area (Å²) in [5.74, 6) is 0.727. The summed E-state index contributed by atoms with van der Waals surface area (Å²) in [6, 6.07) is 7.84. The highest BCUT2D eigenvalue weighted by Crippen LogP contribution is 2.29. The molecule has 0 spiro atoms. The minimum absolute atomic E-state index is 0.164. The SMILES string of the molecule is CCCOc1ccc(NC(C)c2ccoc2)cc1Cl. The van der Waals surface area contributed by atoms with Crippen LogP contribution in [0.1, 0.15) is 31.9 Å². The molecule has 0 radical (unpaired) electrons. The molecule has 0 amide bonds. The summed E-state index contributed by atoms with van der Waals surface area (Å²) in [4.78, 5) is 0. The highest BCUT2D eigenvalue weighted by molar-refractivity contribution is 6.32. The number of benzene rings is 1. The van der Waals surface area contributed by atoms with Gasteiger partial charge in [0.15, 0.2) is 0 Å². The summed E-state index contributed by atoms with van der Waals surface area (Å²) < 4.78 is 10.6. The van der Waals surface area contributed by atoms with Crippen molar-refractivity contribution < 1.29 is 9.15 Å². The standard InChI is InChI=1S/C15H18ClNO2/c1-3-7-19-15-5-4-13(9-14(15)16)17-11(2)12-6-8-18-10-12/h4-6,8-11,17H,3,7H2,1-2H3. The zero-order valence-corrected chi connectivity index (χ0v) is 11.9. The molecule has 0 saturated carbocycles. The van der Waals surface area contributed by atoms with Gasteiger partial charge in [0.25, 0.3) is 0 Å². The molecule has 1 atom stereocenters. The third kappa shape index (κ3) is 3.67. The van der Waals surface area contributed by atoms with Gasteiger partial charge < -0.3 is 14.5 Å². The van der Waals surface area contributed by atoms with E-state index < -0.39 is 0 Å². The van der Waals surface area contributed by atoms with Crippen molar-refractivity contribution in [3.63, 3.8) is 0 Å². The zero-order valence-electron chi connectivity index (χ0n) is 11.2. The molecule has 0 aliphatic carbocycles. The first kappa shape index (κ1) is 13.8. The van der Waals surface area contributed by atoms with Crippen molar-refractivity contribution in [1.82, 2.24) is 0 Å². The van der Waals surface area contributed by atoms with Gasteiger partial charge in [-0.05, 0) is 37.6 Å². The monoisotopic (exact) mass is 279 g/mol. The van der Waals surface area contributed by atoms with Gasteiger partial charge in [-0.2, -0.15) is 0 Å². The van der Waals surface area contributed by atoms with Crippen LogP contribution < -0.4 is 10.1 Å². The number of anilines is 1. The lowest BCUT2D eigenvalue weighted by Gasteiger charge is -2.15. The van der Waals surface area contributed by atoms with E-state index in [1.54, 1.807) is 12.5 Å². The normalized spacial score (nSPS) is 12.2. The van der Waals surface area contributed by atoms with Crippen LogP contribution in [0, 0.1) is 0 Å². The number of nitrogens with one attached hydrogen (secondary N) is 1. The van der Waals surface area contributed by atoms with Gasteiger partial charge in [0.05, 0.1) is 30.2 Å². The van der Waals surface area contributed by atoms with E-state index in [1.807, 2.05) is 24.3 Å². The molecule has 1 heterocycles. The molecular weight excluding hydrogens is 262 g/mol. The van der Waals surface area contributed by atoms with Crippen molar-refractivity contribution in [3.8, 4) is 5.75 Å².